The maximum absolute atomic E-state index is 12.7. The van der Waals surface area contributed by atoms with Gasteiger partial charge in [0.2, 0.25) is 5.91 Å². The number of ether oxygens (including phenoxy) is 3. The normalized spacial score (nSPS) is 11.2. The minimum atomic E-state index is -3.02. The Hall–Kier alpha value is -3.20. The molecule has 1 aromatic heterocycles. The van der Waals surface area contributed by atoms with Crippen LogP contribution >= 0.6 is 11.3 Å². The summed E-state index contributed by atoms with van der Waals surface area (Å²) in [7, 11) is 1.35. The Morgan fingerprint density at radius 1 is 1.31 bits per heavy atom. The first-order chi connectivity index (χ1) is 14.0. The lowest BCUT2D eigenvalue weighted by molar-refractivity contribution is -0.111. The van der Waals surface area contributed by atoms with E-state index in [4.69, 9.17) is 9.47 Å². The largest absolute Gasteiger partial charge is 0.494 e. The molecule has 9 heteroatoms. The van der Waals surface area contributed by atoms with Crippen LogP contribution in [0.25, 0.3) is 16.3 Å². The van der Waals surface area contributed by atoms with Crippen LogP contribution in [0.3, 0.4) is 0 Å². The molecule has 0 spiro atoms. The smallest absolute Gasteiger partial charge is 0.387 e. The summed E-state index contributed by atoms with van der Waals surface area (Å²) in [5, 5.41) is 3.08. The Morgan fingerprint density at radius 2 is 2.14 bits per heavy atom. The molecular formula is C20H18F2N2O4S. The fourth-order valence-electron chi connectivity index (χ4n) is 2.57. The molecular weight excluding hydrogens is 402 g/mol. The van der Waals surface area contributed by atoms with Gasteiger partial charge in [0.1, 0.15) is 5.75 Å². The lowest BCUT2D eigenvalue weighted by atomic mass is 10.1. The first-order valence-corrected chi connectivity index (χ1v) is 9.46. The summed E-state index contributed by atoms with van der Waals surface area (Å²) in [6.45, 7) is -0.563. The lowest BCUT2D eigenvalue weighted by Crippen LogP contribution is -2.08. The molecule has 6 nitrogen and oxygen atoms in total. The molecule has 0 aliphatic heterocycles. The van der Waals surface area contributed by atoms with Gasteiger partial charge >= 0.3 is 6.61 Å². The van der Waals surface area contributed by atoms with Crippen molar-refractivity contribution in [3.05, 3.63) is 48.0 Å². The molecule has 0 unspecified atom stereocenters. The van der Waals surface area contributed by atoms with Gasteiger partial charge in [-0.2, -0.15) is 8.78 Å². The molecule has 1 N–H and O–H groups in total. The number of rotatable bonds is 8. The molecule has 1 heterocycles. The summed E-state index contributed by atoms with van der Waals surface area (Å²) in [4.78, 5) is 16.6. The number of amides is 1. The summed E-state index contributed by atoms with van der Waals surface area (Å²) >= 11 is 1.30. The maximum Gasteiger partial charge on any atom is 0.387 e. The standard InChI is InChI=1S/C20H18F2N2O4S/c1-3-27-13-8-9-14-16(11-13)29-20(23-14)24-17(25)10-7-12-5-4-6-15(26-2)18(12)28-19(21)22/h4-11,19H,3H2,1-2H3,(H,23,24,25)/b10-7+. The number of hydrogen-bond donors (Lipinski definition) is 1. The monoisotopic (exact) mass is 420 g/mol. The predicted molar refractivity (Wildman–Crippen MR) is 108 cm³/mol. The molecule has 0 radical (unpaired) electrons. The van der Waals surface area contributed by atoms with E-state index in [0.29, 0.717) is 11.7 Å². The summed E-state index contributed by atoms with van der Waals surface area (Å²) in [5.74, 6) is 0.271. The van der Waals surface area contributed by atoms with Gasteiger partial charge in [-0.25, -0.2) is 4.98 Å². The average molecular weight is 420 g/mol. The van der Waals surface area contributed by atoms with Crippen LogP contribution in [-0.2, 0) is 4.79 Å². The molecule has 0 aliphatic rings. The highest BCUT2D eigenvalue weighted by Crippen LogP contribution is 2.33. The van der Waals surface area contributed by atoms with E-state index in [9.17, 15) is 13.6 Å². The molecule has 29 heavy (non-hydrogen) atoms. The number of fused-ring (bicyclic) bond motifs is 1. The highest BCUT2D eigenvalue weighted by molar-refractivity contribution is 7.22. The zero-order chi connectivity index (χ0) is 20.8. The van der Waals surface area contributed by atoms with Gasteiger partial charge in [-0.3, -0.25) is 10.1 Å². The second kappa shape index (κ2) is 9.33. The third-order valence-electron chi connectivity index (χ3n) is 3.75. The van der Waals surface area contributed by atoms with Crippen molar-refractivity contribution in [2.45, 2.75) is 13.5 Å². The van der Waals surface area contributed by atoms with E-state index in [1.54, 1.807) is 6.07 Å². The molecule has 0 aliphatic carbocycles. The number of halogens is 2. The van der Waals surface area contributed by atoms with Crippen LogP contribution in [0.5, 0.6) is 17.2 Å². The van der Waals surface area contributed by atoms with Gasteiger partial charge in [0.25, 0.3) is 0 Å². The quantitative estimate of drug-likeness (QED) is 0.522. The van der Waals surface area contributed by atoms with Gasteiger partial charge in [-0.05, 0) is 37.3 Å². The highest BCUT2D eigenvalue weighted by atomic mass is 32.1. The average Bonchev–Trinajstić information content (AvgIpc) is 3.08. The molecule has 1 amide bonds. The van der Waals surface area contributed by atoms with Crippen LogP contribution in [-0.4, -0.2) is 31.2 Å². The van der Waals surface area contributed by atoms with E-state index in [-0.39, 0.29) is 17.1 Å². The minimum absolute atomic E-state index is 0.141. The second-order valence-electron chi connectivity index (χ2n) is 5.66. The molecule has 3 rings (SSSR count). The minimum Gasteiger partial charge on any atom is -0.494 e. The van der Waals surface area contributed by atoms with Crippen molar-refractivity contribution >= 4 is 38.7 Å². The Kier molecular flexibility index (Phi) is 6.61. The number of methoxy groups -OCH3 is 1. The Labute approximate surface area is 169 Å². The molecule has 0 atom stereocenters. The fraction of sp³-hybridized carbons (Fsp3) is 0.200. The van der Waals surface area contributed by atoms with Crippen LogP contribution in [0, 0.1) is 0 Å². The summed E-state index contributed by atoms with van der Waals surface area (Å²) in [6.07, 6.45) is 2.58. The van der Waals surface area contributed by atoms with Crippen molar-refractivity contribution in [1.82, 2.24) is 4.98 Å². The summed E-state index contributed by atoms with van der Waals surface area (Å²) < 4.78 is 41.3. The summed E-state index contributed by atoms with van der Waals surface area (Å²) in [6, 6.07) is 10.1. The van der Waals surface area contributed by atoms with Crippen molar-refractivity contribution in [3.63, 3.8) is 0 Å². The van der Waals surface area contributed by atoms with Crippen LogP contribution in [0.2, 0.25) is 0 Å². The number of thiazole rings is 1. The van der Waals surface area contributed by atoms with Crippen molar-refractivity contribution in [2.75, 3.05) is 19.0 Å². The lowest BCUT2D eigenvalue weighted by Gasteiger charge is -2.12. The van der Waals surface area contributed by atoms with Gasteiger partial charge in [-0.15, -0.1) is 0 Å². The van der Waals surface area contributed by atoms with Gasteiger partial charge in [0.05, 0.1) is 23.9 Å². The van der Waals surface area contributed by atoms with E-state index in [2.05, 4.69) is 15.0 Å². The number of anilines is 1. The van der Waals surface area contributed by atoms with Crippen molar-refractivity contribution in [3.8, 4) is 17.2 Å². The number of aromatic nitrogens is 1. The number of alkyl halides is 2. The first kappa shape index (κ1) is 20.5. The number of carbonyl (C=O) groups excluding carboxylic acids is 1. The van der Waals surface area contributed by atoms with E-state index in [0.717, 1.165) is 16.0 Å². The van der Waals surface area contributed by atoms with Crippen LogP contribution < -0.4 is 19.5 Å². The Bertz CT molecular complexity index is 1040. The van der Waals surface area contributed by atoms with E-state index in [1.807, 2.05) is 25.1 Å². The molecule has 152 valence electrons. The first-order valence-electron chi connectivity index (χ1n) is 8.64. The zero-order valence-electron chi connectivity index (χ0n) is 15.6. The van der Waals surface area contributed by atoms with E-state index in [1.165, 1.54) is 42.7 Å². The molecule has 3 aromatic rings. The van der Waals surface area contributed by atoms with Crippen LogP contribution in [0.1, 0.15) is 12.5 Å². The highest BCUT2D eigenvalue weighted by Gasteiger charge is 2.14. The van der Waals surface area contributed by atoms with Crippen LogP contribution in [0.4, 0.5) is 13.9 Å². The number of nitrogens with one attached hydrogen (secondary N) is 1. The fourth-order valence-corrected chi connectivity index (χ4v) is 3.46. The third-order valence-corrected chi connectivity index (χ3v) is 4.69. The van der Waals surface area contributed by atoms with Crippen molar-refractivity contribution < 1.29 is 27.8 Å². The van der Waals surface area contributed by atoms with Gasteiger partial charge in [0, 0.05) is 11.6 Å². The molecule has 0 saturated heterocycles. The number of nitrogens with zero attached hydrogens (tertiary/aromatic N) is 1. The number of carbonyl (C=O) groups is 1. The zero-order valence-corrected chi connectivity index (χ0v) is 16.5. The van der Waals surface area contributed by atoms with E-state index >= 15 is 0 Å². The molecule has 0 saturated carbocycles. The van der Waals surface area contributed by atoms with Gasteiger partial charge in [0.15, 0.2) is 16.6 Å². The second-order valence-corrected chi connectivity index (χ2v) is 6.69. The molecule has 0 bridgehead atoms. The Balaban J connectivity index is 1.75. The van der Waals surface area contributed by atoms with Crippen molar-refractivity contribution in [2.24, 2.45) is 0 Å². The van der Waals surface area contributed by atoms with E-state index < -0.39 is 12.5 Å². The maximum atomic E-state index is 12.7. The predicted octanol–water partition coefficient (Wildman–Crippen LogP) is 4.96. The van der Waals surface area contributed by atoms with Crippen molar-refractivity contribution in [1.29, 1.82) is 0 Å². The Morgan fingerprint density at radius 3 is 2.86 bits per heavy atom. The molecule has 2 aromatic carbocycles. The van der Waals surface area contributed by atoms with Gasteiger partial charge < -0.3 is 14.2 Å². The number of hydrogen-bond acceptors (Lipinski definition) is 6. The van der Waals surface area contributed by atoms with Crippen LogP contribution in [0.15, 0.2) is 42.5 Å². The topological polar surface area (TPSA) is 69.7 Å². The SMILES string of the molecule is CCOc1ccc2nc(NC(=O)/C=C/c3cccc(OC)c3OC(F)F)sc2c1. The number of para-hydroxylation sites is 1. The van der Waals surface area contributed by atoms with Gasteiger partial charge in [-0.1, -0.05) is 23.5 Å². The summed E-state index contributed by atoms with van der Waals surface area (Å²) in [5.41, 5.74) is 1.02. The number of benzene rings is 2. The third kappa shape index (κ3) is 5.20. The molecule has 0 fully saturated rings.